The number of aliphatic carboxylic acids is 1. The maximum Gasteiger partial charge on any atom is 0.323 e. The summed E-state index contributed by atoms with van der Waals surface area (Å²) in [5, 5.41) is 18.1. The van der Waals surface area contributed by atoms with E-state index in [2.05, 4.69) is 31.9 Å². The van der Waals surface area contributed by atoms with Gasteiger partial charge in [0, 0.05) is 4.47 Å². The minimum Gasteiger partial charge on any atom is -0.503 e. The van der Waals surface area contributed by atoms with Crippen LogP contribution in [-0.4, -0.2) is 45.4 Å². The minimum atomic E-state index is -1.27. The Bertz CT molecular complexity index is 764. The van der Waals surface area contributed by atoms with Crippen molar-refractivity contribution in [3.8, 4) is 11.5 Å². The summed E-state index contributed by atoms with van der Waals surface area (Å²) in [6.45, 7) is 1.40. The number of hydrogen-bond acceptors (Lipinski definition) is 6. The standard InChI is InChI=1S/C14H11Br2NO6S/c1-2-23-7-3-6(10(15)11(16)12(7)20)4-8-13(21)17(5-9(18)19)14(22)24-8/h3-4,20H,2,5H2,1H3,(H,18,19)/b8-4+. The third kappa shape index (κ3) is 3.76. The fourth-order valence-electron chi connectivity index (χ4n) is 1.90. The van der Waals surface area contributed by atoms with Gasteiger partial charge in [0.1, 0.15) is 6.54 Å². The number of amides is 2. The van der Waals surface area contributed by atoms with Crippen LogP contribution in [-0.2, 0) is 9.59 Å². The predicted molar refractivity (Wildman–Crippen MR) is 95.0 cm³/mol. The molecule has 1 fully saturated rings. The zero-order valence-electron chi connectivity index (χ0n) is 12.2. The smallest absolute Gasteiger partial charge is 0.323 e. The fourth-order valence-corrected chi connectivity index (χ4v) is 3.57. The van der Waals surface area contributed by atoms with E-state index >= 15 is 0 Å². The third-order valence-corrected chi connectivity index (χ3v) is 5.99. The highest BCUT2D eigenvalue weighted by Crippen LogP contribution is 2.43. The van der Waals surface area contributed by atoms with E-state index < -0.39 is 23.7 Å². The normalized spacial score (nSPS) is 16.1. The number of thioether (sulfide) groups is 1. The van der Waals surface area contributed by atoms with Crippen LogP contribution in [0.1, 0.15) is 12.5 Å². The van der Waals surface area contributed by atoms with Crippen LogP contribution >= 0.6 is 43.6 Å². The van der Waals surface area contributed by atoms with Crippen LogP contribution in [0.3, 0.4) is 0 Å². The van der Waals surface area contributed by atoms with Crippen LogP contribution in [0, 0.1) is 0 Å². The van der Waals surface area contributed by atoms with Gasteiger partial charge in [0.15, 0.2) is 11.5 Å². The van der Waals surface area contributed by atoms with Crippen molar-refractivity contribution in [1.29, 1.82) is 0 Å². The van der Waals surface area contributed by atoms with E-state index in [-0.39, 0.29) is 16.4 Å². The van der Waals surface area contributed by atoms with Gasteiger partial charge < -0.3 is 14.9 Å². The summed E-state index contributed by atoms with van der Waals surface area (Å²) < 4.78 is 6.13. The molecule has 0 saturated carbocycles. The van der Waals surface area contributed by atoms with Gasteiger partial charge in [0.25, 0.3) is 11.1 Å². The number of carbonyl (C=O) groups is 3. The van der Waals surface area contributed by atoms with Gasteiger partial charge in [0.2, 0.25) is 0 Å². The maximum absolute atomic E-state index is 12.2. The SMILES string of the molecule is CCOc1cc(/C=C2/SC(=O)N(CC(=O)O)C2=O)c(Br)c(Br)c1O. The third-order valence-electron chi connectivity index (χ3n) is 2.93. The monoisotopic (exact) mass is 479 g/mol. The first kappa shape index (κ1) is 18.8. The summed E-state index contributed by atoms with van der Waals surface area (Å²) >= 11 is 7.17. The molecule has 1 aromatic carbocycles. The Morgan fingerprint density at radius 1 is 1.38 bits per heavy atom. The number of benzene rings is 1. The van der Waals surface area contributed by atoms with Crippen LogP contribution in [0.25, 0.3) is 6.08 Å². The molecule has 0 aromatic heterocycles. The number of hydrogen-bond donors (Lipinski definition) is 2. The van der Waals surface area contributed by atoms with Crippen LogP contribution in [0.5, 0.6) is 11.5 Å². The molecular weight excluding hydrogens is 470 g/mol. The van der Waals surface area contributed by atoms with Crippen molar-refractivity contribution in [1.82, 2.24) is 4.90 Å². The molecule has 10 heteroatoms. The highest BCUT2D eigenvalue weighted by atomic mass is 79.9. The molecule has 7 nitrogen and oxygen atoms in total. The largest absolute Gasteiger partial charge is 0.503 e. The molecule has 0 radical (unpaired) electrons. The first-order valence-electron chi connectivity index (χ1n) is 6.57. The fraction of sp³-hybridized carbons (Fsp3) is 0.214. The average Bonchev–Trinajstić information content (AvgIpc) is 2.77. The number of rotatable bonds is 5. The molecule has 0 unspecified atom stereocenters. The summed E-state index contributed by atoms with van der Waals surface area (Å²) in [4.78, 5) is 35.4. The van der Waals surface area contributed by atoms with E-state index in [1.54, 1.807) is 6.92 Å². The van der Waals surface area contributed by atoms with Crippen molar-refractivity contribution in [2.24, 2.45) is 0 Å². The number of carboxylic acids is 1. The van der Waals surface area contributed by atoms with E-state index in [4.69, 9.17) is 9.84 Å². The van der Waals surface area contributed by atoms with Crippen molar-refractivity contribution < 1.29 is 29.3 Å². The molecule has 0 bridgehead atoms. The van der Waals surface area contributed by atoms with E-state index in [1.165, 1.54) is 12.1 Å². The molecule has 1 aliphatic rings. The van der Waals surface area contributed by atoms with Gasteiger partial charge in [-0.3, -0.25) is 19.3 Å². The average molecular weight is 481 g/mol. The van der Waals surface area contributed by atoms with Gasteiger partial charge in [-0.1, -0.05) is 0 Å². The van der Waals surface area contributed by atoms with Gasteiger partial charge in [-0.2, -0.15) is 0 Å². The molecule has 2 N–H and O–H groups in total. The summed E-state index contributed by atoms with van der Waals surface area (Å²) in [5.41, 5.74) is 0.490. The van der Waals surface area contributed by atoms with Crippen LogP contribution in [0.2, 0.25) is 0 Å². The van der Waals surface area contributed by atoms with E-state index in [0.29, 0.717) is 37.8 Å². The lowest BCUT2D eigenvalue weighted by molar-refractivity contribution is -0.140. The van der Waals surface area contributed by atoms with Gasteiger partial charge in [-0.15, -0.1) is 0 Å². The number of halogens is 2. The van der Waals surface area contributed by atoms with Crippen LogP contribution < -0.4 is 4.74 Å². The van der Waals surface area contributed by atoms with Gasteiger partial charge in [-0.25, -0.2) is 0 Å². The second-order valence-electron chi connectivity index (χ2n) is 4.54. The second-order valence-corrected chi connectivity index (χ2v) is 7.11. The van der Waals surface area contributed by atoms with Gasteiger partial charge in [0.05, 0.1) is 16.0 Å². The van der Waals surface area contributed by atoms with E-state index in [1.807, 2.05) is 0 Å². The Kier molecular flexibility index (Phi) is 5.94. The molecule has 1 heterocycles. The Balaban J connectivity index is 2.43. The Morgan fingerprint density at radius 2 is 2.04 bits per heavy atom. The number of nitrogens with zero attached hydrogens (tertiary/aromatic N) is 1. The Morgan fingerprint density at radius 3 is 2.62 bits per heavy atom. The zero-order valence-corrected chi connectivity index (χ0v) is 16.2. The number of carbonyl (C=O) groups excluding carboxylic acids is 2. The molecule has 1 saturated heterocycles. The first-order valence-corrected chi connectivity index (χ1v) is 8.97. The first-order chi connectivity index (χ1) is 11.3. The molecule has 1 aromatic rings. The van der Waals surface area contributed by atoms with E-state index in [0.717, 1.165) is 0 Å². The van der Waals surface area contributed by atoms with Crippen molar-refractivity contribution in [2.45, 2.75) is 6.92 Å². The molecule has 2 rings (SSSR count). The van der Waals surface area contributed by atoms with Gasteiger partial charge >= 0.3 is 5.97 Å². The second kappa shape index (κ2) is 7.58. The van der Waals surface area contributed by atoms with Crippen molar-refractivity contribution in [2.75, 3.05) is 13.2 Å². The van der Waals surface area contributed by atoms with Crippen molar-refractivity contribution >= 4 is 66.8 Å². The molecule has 0 atom stereocenters. The lowest BCUT2D eigenvalue weighted by atomic mass is 10.2. The maximum atomic E-state index is 12.2. The Labute approximate surface area is 157 Å². The topological polar surface area (TPSA) is 104 Å². The summed E-state index contributed by atoms with van der Waals surface area (Å²) in [7, 11) is 0. The molecule has 0 aliphatic carbocycles. The van der Waals surface area contributed by atoms with Gasteiger partial charge in [-0.05, 0) is 68.3 Å². The quantitative estimate of drug-likeness (QED) is 0.622. The molecule has 2 amide bonds. The van der Waals surface area contributed by atoms with Crippen molar-refractivity contribution in [3.05, 3.63) is 25.5 Å². The number of phenolic OH excluding ortho intramolecular Hbond substituents is 1. The number of imide groups is 1. The molecule has 24 heavy (non-hydrogen) atoms. The lowest BCUT2D eigenvalue weighted by Crippen LogP contribution is -2.33. The summed E-state index contributed by atoms with van der Waals surface area (Å²) in [5.74, 6) is -1.84. The zero-order chi connectivity index (χ0) is 18.0. The number of carboxylic acid groups (broad SMARTS) is 1. The van der Waals surface area contributed by atoms with Crippen molar-refractivity contribution in [3.63, 3.8) is 0 Å². The molecular formula is C14H11Br2NO6S. The van der Waals surface area contributed by atoms with Crippen LogP contribution in [0.4, 0.5) is 4.79 Å². The summed E-state index contributed by atoms with van der Waals surface area (Å²) in [6, 6.07) is 1.51. The minimum absolute atomic E-state index is 0.0852. The highest BCUT2D eigenvalue weighted by Gasteiger charge is 2.36. The number of phenols is 1. The van der Waals surface area contributed by atoms with E-state index in [9.17, 15) is 19.5 Å². The molecule has 128 valence electrons. The summed E-state index contributed by atoms with van der Waals surface area (Å²) in [6.07, 6.45) is 1.43. The number of ether oxygens (including phenoxy) is 1. The lowest BCUT2D eigenvalue weighted by Gasteiger charge is -2.11. The molecule has 0 spiro atoms. The number of aromatic hydroxyl groups is 1. The molecule has 1 aliphatic heterocycles. The van der Waals surface area contributed by atoms with Crippen LogP contribution in [0.15, 0.2) is 19.9 Å². The Hall–Kier alpha value is -1.52. The highest BCUT2D eigenvalue weighted by molar-refractivity contribution is 9.13. The predicted octanol–water partition coefficient (Wildman–Crippen LogP) is 3.44.